The number of hydrogen-bond acceptors (Lipinski definition) is 3. The van der Waals surface area contributed by atoms with Crippen LogP contribution >= 0.6 is 0 Å². The summed E-state index contributed by atoms with van der Waals surface area (Å²) in [5.74, 6) is 0.859. The summed E-state index contributed by atoms with van der Waals surface area (Å²) in [6, 6.07) is 8.56. The monoisotopic (exact) mass is 354 g/mol. The first-order chi connectivity index (χ1) is 11.4. The van der Waals surface area contributed by atoms with E-state index in [9.17, 15) is 8.42 Å². The first-order valence-corrected chi connectivity index (χ1v) is 10.1. The molecule has 0 fully saturated rings. The van der Waals surface area contributed by atoms with Crippen molar-refractivity contribution in [3.63, 3.8) is 0 Å². The number of guanidine groups is 1. The number of hydrogen-bond donors (Lipinski definition) is 2. The molecule has 0 bridgehead atoms. The second kappa shape index (κ2) is 10.3. The number of aliphatic imine (C=N–C) groups is 1. The molecular weight excluding hydrogens is 324 g/mol. The van der Waals surface area contributed by atoms with Gasteiger partial charge < -0.3 is 10.2 Å². The molecular formula is C17H30N4O2S. The zero-order valence-corrected chi connectivity index (χ0v) is 16.0. The fraction of sp³-hybridized carbons (Fsp3) is 0.588. The lowest BCUT2D eigenvalue weighted by atomic mass is 10.1. The summed E-state index contributed by atoms with van der Waals surface area (Å²) in [5, 5.41) is 3.24. The Bertz CT molecular complexity index is 612. The predicted molar refractivity (Wildman–Crippen MR) is 101 cm³/mol. The molecule has 0 atom stereocenters. The first-order valence-electron chi connectivity index (χ1n) is 8.46. The van der Waals surface area contributed by atoms with E-state index in [1.807, 2.05) is 18.9 Å². The third-order valence-electron chi connectivity index (χ3n) is 3.62. The van der Waals surface area contributed by atoms with Crippen LogP contribution in [0, 0.1) is 0 Å². The molecule has 0 aliphatic rings. The van der Waals surface area contributed by atoms with Gasteiger partial charge in [-0.25, -0.2) is 13.1 Å². The van der Waals surface area contributed by atoms with Gasteiger partial charge >= 0.3 is 0 Å². The van der Waals surface area contributed by atoms with Crippen LogP contribution in [0.3, 0.4) is 0 Å². The van der Waals surface area contributed by atoms with Crippen molar-refractivity contribution < 1.29 is 8.42 Å². The van der Waals surface area contributed by atoms with Crippen molar-refractivity contribution in [2.75, 3.05) is 32.4 Å². The molecule has 0 aromatic heterocycles. The number of aryl methyl sites for hydroxylation is 1. The van der Waals surface area contributed by atoms with E-state index in [1.54, 1.807) is 6.92 Å². The largest absolute Gasteiger partial charge is 0.357 e. The Morgan fingerprint density at radius 2 is 1.75 bits per heavy atom. The maximum atomic E-state index is 11.4. The number of benzene rings is 1. The average Bonchev–Trinajstić information content (AvgIpc) is 2.58. The van der Waals surface area contributed by atoms with Crippen LogP contribution in [-0.4, -0.2) is 51.7 Å². The second-order valence-corrected chi connectivity index (χ2v) is 7.66. The maximum absolute atomic E-state index is 11.4. The summed E-state index contributed by atoms with van der Waals surface area (Å²) in [6.45, 7) is 8.00. The number of sulfonamides is 1. The Hall–Kier alpha value is -1.60. The molecule has 0 heterocycles. The molecule has 0 aliphatic heterocycles. The molecule has 0 saturated carbocycles. The molecule has 0 radical (unpaired) electrons. The zero-order valence-electron chi connectivity index (χ0n) is 15.2. The molecule has 1 rings (SSSR count). The number of rotatable bonds is 9. The van der Waals surface area contributed by atoms with Crippen molar-refractivity contribution in [2.24, 2.45) is 4.99 Å². The minimum absolute atomic E-state index is 0.0877. The molecule has 0 aliphatic carbocycles. The third kappa shape index (κ3) is 7.31. The molecule has 0 amide bonds. The maximum Gasteiger partial charge on any atom is 0.211 e. The van der Waals surface area contributed by atoms with Gasteiger partial charge in [-0.3, -0.25) is 4.99 Å². The zero-order chi connectivity index (χ0) is 18.0. The molecule has 24 heavy (non-hydrogen) atoms. The van der Waals surface area contributed by atoms with E-state index < -0.39 is 10.0 Å². The third-order valence-corrected chi connectivity index (χ3v) is 5.03. The fourth-order valence-corrected chi connectivity index (χ4v) is 2.77. The van der Waals surface area contributed by atoms with Crippen LogP contribution in [0.2, 0.25) is 0 Å². The Morgan fingerprint density at radius 3 is 2.29 bits per heavy atom. The van der Waals surface area contributed by atoms with E-state index in [0.29, 0.717) is 13.1 Å². The summed E-state index contributed by atoms with van der Waals surface area (Å²) in [7, 11) is -1.18. The molecule has 1 aromatic carbocycles. The highest BCUT2D eigenvalue weighted by Crippen LogP contribution is 2.07. The topological polar surface area (TPSA) is 73.8 Å². The Morgan fingerprint density at radius 1 is 1.12 bits per heavy atom. The van der Waals surface area contributed by atoms with Gasteiger partial charge in [0.1, 0.15) is 0 Å². The van der Waals surface area contributed by atoms with Crippen molar-refractivity contribution in [1.29, 1.82) is 0 Å². The molecule has 0 unspecified atom stereocenters. The minimum atomic E-state index is -3.16. The highest BCUT2D eigenvalue weighted by atomic mass is 32.2. The van der Waals surface area contributed by atoms with Crippen molar-refractivity contribution in [1.82, 2.24) is 14.9 Å². The van der Waals surface area contributed by atoms with Crippen LogP contribution in [0.15, 0.2) is 29.3 Å². The summed E-state index contributed by atoms with van der Waals surface area (Å²) >= 11 is 0. The number of nitrogens with zero attached hydrogens (tertiary/aromatic N) is 2. The van der Waals surface area contributed by atoms with Gasteiger partial charge in [-0.15, -0.1) is 0 Å². The molecule has 1 aromatic rings. The molecule has 0 spiro atoms. The Balaban J connectivity index is 2.62. The molecule has 2 N–H and O–H groups in total. The van der Waals surface area contributed by atoms with Crippen LogP contribution in [0.5, 0.6) is 0 Å². The SMILES string of the molecule is CCNC(=NCCNS(=O)(=O)CC)N(C)Cc1ccc(CC)cc1. The lowest BCUT2D eigenvalue weighted by Crippen LogP contribution is -2.39. The van der Waals surface area contributed by atoms with Crippen LogP contribution < -0.4 is 10.0 Å². The first kappa shape index (κ1) is 20.4. The number of nitrogens with one attached hydrogen (secondary N) is 2. The normalized spacial score (nSPS) is 12.2. The van der Waals surface area contributed by atoms with E-state index in [4.69, 9.17) is 0 Å². The average molecular weight is 355 g/mol. The van der Waals surface area contributed by atoms with Gasteiger partial charge in [-0.2, -0.15) is 0 Å². The van der Waals surface area contributed by atoms with Gasteiger partial charge in [0, 0.05) is 26.7 Å². The van der Waals surface area contributed by atoms with E-state index in [-0.39, 0.29) is 5.75 Å². The van der Waals surface area contributed by atoms with Crippen LogP contribution in [0.25, 0.3) is 0 Å². The van der Waals surface area contributed by atoms with Crippen molar-refractivity contribution in [3.05, 3.63) is 35.4 Å². The molecule has 6 nitrogen and oxygen atoms in total. The van der Waals surface area contributed by atoms with Gasteiger partial charge in [-0.05, 0) is 31.4 Å². The predicted octanol–water partition coefficient (Wildman–Crippen LogP) is 1.59. The Kier molecular flexibility index (Phi) is 8.78. The quantitative estimate of drug-likeness (QED) is 0.401. The molecule has 136 valence electrons. The van der Waals surface area contributed by atoms with Gasteiger partial charge in [0.15, 0.2) is 5.96 Å². The standard InChI is InChI=1S/C17H30N4O2S/c1-5-15-8-10-16(11-9-15)14-21(4)17(18-6-2)19-12-13-20-24(22,23)7-3/h8-11,20H,5-7,12-14H2,1-4H3,(H,18,19). The van der Waals surface area contributed by atoms with E-state index >= 15 is 0 Å². The fourth-order valence-electron chi connectivity index (χ4n) is 2.16. The van der Waals surface area contributed by atoms with Crippen LogP contribution in [-0.2, 0) is 23.0 Å². The van der Waals surface area contributed by atoms with Gasteiger partial charge in [0.25, 0.3) is 0 Å². The summed E-state index contributed by atoms with van der Waals surface area (Å²) in [5.41, 5.74) is 2.54. The molecule has 7 heteroatoms. The highest BCUT2D eigenvalue weighted by molar-refractivity contribution is 7.89. The Labute approximate surface area is 146 Å². The van der Waals surface area contributed by atoms with Gasteiger partial charge in [-0.1, -0.05) is 31.2 Å². The highest BCUT2D eigenvalue weighted by Gasteiger charge is 2.08. The molecule has 0 saturated heterocycles. The van der Waals surface area contributed by atoms with E-state index in [1.165, 1.54) is 11.1 Å². The minimum Gasteiger partial charge on any atom is -0.357 e. The van der Waals surface area contributed by atoms with Crippen LogP contribution in [0.1, 0.15) is 31.9 Å². The van der Waals surface area contributed by atoms with Gasteiger partial charge in [0.2, 0.25) is 10.0 Å². The van der Waals surface area contributed by atoms with Crippen molar-refractivity contribution in [2.45, 2.75) is 33.7 Å². The van der Waals surface area contributed by atoms with E-state index in [2.05, 4.69) is 46.2 Å². The summed E-state index contributed by atoms with van der Waals surface area (Å²) in [6.07, 6.45) is 1.04. The van der Waals surface area contributed by atoms with Gasteiger partial charge in [0.05, 0.1) is 12.3 Å². The summed E-state index contributed by atoms with van der Waals surface area (Å²) in [4.78, 5) is 6.53. The van der Waals surface area contributed by atoms with Crippen molar-refractivity contribution in [3.8, 4) is 0 Å². The smallest absolute Gasteiger partial charge is 0.211 e. The van der Waals surface area contributed by atoms with Crippen molar-refractivity contribution >= 4 is 16.0 Å². The lowest BCUT2D eigenvalue weighted by Gasteiger charge is -2.22. The second-order valence-electron chi connectivity index (χ2n) is 5.56. The van der Waals surface area contributed by atoms with Crippen LogP contribution in [0.4, 0.5) is 0 Å². The van der Waals surface area contributed by atoms with E-state index in [0.717, 1.165) is 25.5 Å². The summed E-state index contributed by atoms with van der Waals surface area (Å²) < 4.78 is 25.3. The lowest BCUT2D eigenvalue weighted by molar-refractivity contribution is 0.477.